The highest BCUT2D eigenvalue weighted by Gasteiger charge is 2.32. The minimum absolute atomic E-state index is 0.0872. The molecule has 2 heterocycles. The quantitative estimate of drug-likeness (QED) is 0.425. The minimum atomic E-state index is -1.23. The van der Waals surface area contributed by atoms with Crippen molar-refractivity contribution in [1.82, 2.24) is 20.4 Å². The Balaban J connectivity index is 1.38. The zero-order valence-corrected chi connectivity index (χ0v) is 15.4. The molecule has 1 saturated carbocycles. The van der Waals surface area contributed by atoms with Crippen LogP contribution in [0.1, 0.15) is 38.5 Å². The number of carboxylic acids is 1. The van der Waals surface area contributed by atoms with E-state index < -0.39 is 12.2 Å². The first kappa shape index (κ1) is 19.5. The summed E-state index contributed by atoms with van der Waals surface area (Å²) in [7, 11) is 0. The fourth-order valence-corrected chi connectivity index (χ4v) is 4.61. The number of hydrogen-bond donors (Lipinski definition) is 3. The SMILES string of the molecule is O=CNC(O[C@H]1CC[C@H](N2CCN(C3CCNCC3)CC2)CC1)C(=O)O. The van der Waals surface area contributed by atoms with Crippen LogP contribution < -0.4 is 10.6 Å². The molecule has 3 fully saturated rings. The van der Waals surface area contributed by atoms with Crippen molar-refractivity contribution in [1.29, 1.82) is 0 Å². The van der Waals surface area contributed by atoms with Gasteiger partial charge in [-0.2, -0.15) is 0 Å². The van der Waals surface area contributed by atoms with Crippen molar-refractivity contribution in [2.75, 3.05) is 39.3 Å². The number of nitrogens with one attached hydrogen (secondary N) is 2. The number of ether oxygens (including phenoxy) is 1. The zero-order valence-electron chi connectivity index (χ0n) is 15.4. The molecule has 148 valence electrons. The van der Waals surface area contributed by atoms with Gasteiger partial charge in [0.05, 0.1) is 6.10 Å². The van der Waals surface area contributed by atoms with Crippen LogP contribution >= 0.6 is 0 Å². The maximum atomic E-state index is 11.1. The summed E-state index contributed by atoms with van der Waals surface area (Å²) in [5.74, 6) is -1.15. The predicted octanol–water partition coefficient (Wildman–Crippen LogP) is -0.159. The number of amides is 1. The van der Waals surface area contributed by atoms with E-state index in [1.807, 2.05) is 0 Å². The highest BCUT2D eigenvalue weighted by atomic mass is 16.5. The fraction of sp³-hybridized carbons (Fsp3) is 0.889. The molecule has 1 aliphatic carbocycles. The first-order valence-electron chi connectivity index (χ1n) is 9.94. The second-order valence-electron chi connectivity index (χ2n) is 7.62. The molecule has 8 nitrogen and oxygen atoms in total. The van der Waals surface area contributed by atoms with Crippen LogP contribution in [0.5, 0.6) is 0 Å². The summed E-state index contributed by atoms with van der Waals surface area (Å²) in [5.41, 5.74) is 0. The van der Waals surface area contributed by atoms with Crippen LogP contribution in [0.15, 0.2) is 0 Å². The van der Waals surface area contributed by atoms with E-state index in [0.29, 0.717) is 12.5 Å². The third-order valence-electron chi connectivity index (χ3n) is 6.11. The van der Waals surface area contributed by atoms with Gasteiger partial charge in [0, 0.05) is 38.3 Å². The van der Waals surface area contributed by atoms with E-state index in [-0.39, 0.29) is 6.10 Å². The third-order valence-corrected chi connectivity index (χ3v) is 6.11. The highest BCUT2D eigenvalue weighted by molar-refractivity contribution is 5.74. The topological polar surface area (TPSA) is 94.1 Å². The van der Waals surface area contributed by atoms with Crippen molar-refractivity contribution in [3.63, 3.8) is 0 Å². The molecule has 2 saturated heterocycles. The number of rotatable bonds is 7. The Morgan fingerprint density at radius 1 is 1.00 bits per heavy atom. The van der Waals surface area contributed by atoms with E-state index in [2.05, 4.69) is 20.4 Å². The normalized spacial score (nSPS) is 30.6. The van der Waals surface area contributed by atoms with Gasteiger partial charge in [-0.15, -0.1) is 0 Å². The molecule has 3 N–H and O–H groups in total. The molecule has 0 aromatic carbocycles. The molecule has 0 aromatic heterocycles. The molecule has 1 unspecified atom stereocenters. The van der Waals surface area contributed by atoms with Crippen LogP contribution in [-0.2, 0) is 14.3 Å². The zero-order chi connectivity index (χ0) is 18.4. The van der Waals surface area contributed by atoms with Crippen molar-refractivity contribution in [3.8, 4) is 0 Å². The molecule has 0 radical (unpaired) electrons. The van der Waals surface area contributed by atoms with Crippen LogP contribution in [0.25, 0.3) is 0 Å². The predicted molar refractivity (Wildman–Crippen MR) is 96.8 cm³/mol. The Bertz CT molecular complexity index is 456. The molecule has 2 aliphatic heterocycles. The van der Waals surface area contributed by atoms with E-state index in [0.717, 1.165) is 71.0 Å². The molecule has 1 atom stereocenters. The van der Waals surface area contributed by atoms with Crippen molar-refractivity contribution in [2.24, 2.45) is 0 Å². The number of carbonyl (C=O) groups excluding carboxylic acids is 1. The summed E-state index contributed by atoms with van der Waals surface area (Å²) in [5, 5.41) is 14.7. The number of aliphatic carboxylic acids is 1. The number of hydrogen-bond acceptors (Lipinski definition) is 6. The van der Waals surface area contributed by atoms with Crippen molar-refractivity contribution < 1.29 is 19.4 Å². The monoisotopic (exact) mass is 368 g/mol. The molecule has 0 bridgehead atoms. The molecule has 1 amide bonds. The third kappa shape index (κ3) is 5.16. The van der Waals surface area contributed by atoms with E-state index in [1.165, 1.54) is 12.8 Å². The number of piperazine rings is 1. The number of nitrogens with zero attached hydrogens (tertiary/aromatic N) is 2. The fourth-order valence-electron chi connectivity index (χ4n) is 4.61. The lowest BCUT2D eigenvalue weighted by atomic mass is 9.91. The van der Waals surface area contributed by atoms with Gasteiger partial charge < -0.3 is 20.5 Å². The van der Waals surface area contributed by atoms with Crippen molar-refractivity contribution >= 4 is 12.4 Å². The van der Waals surface area contributed by atoms with Gasteiger partial charge in [0.25, 0.3) is 0 Å². The molecule has 3 aliphatic rings. The number of piperidine rings is 1. The van der Waals surface area contributed by atoms with Gasteiger partial charge in [0.1, 0.15) is 0 Å². The van der Waals surface area contributed by atoms with Gasteiger partial charge in [-0.3, -0.25) is 14.6 Å². The van der Waals surface area contributed by atoms with Crippen LogP contribution in [0.2, 0.25) is 0 Å². The van der Waals surface area contributed by atoms with Crippen LogP contribution in [0.3, 0.4) is 0 Å². The Kier molecular flexibility index (Phi) is 7.24. The Hall–Kier alpha value is -1.22. The van der Waals surface area contributed by atoms with Gasteiger partial charge in [-0.05, 0) is 51.6 Å². The summed E-state index contributed by atoms with van der Waals surface area (Å²) in [4.78, 5) is 26.8. The van der Waals surface area contributed by atoms with E-state index in [4.69, 9.17) is 9.84 Å². The van der Waals surface area contributed by atoms with E-state index in [1.54, 1.807) is 0 Å². The van der Waals surface area contributed by atoms with Crippen molar-refractivity contribution in [3.05, 3.63) is 0 Å². The van der Waals surface area contributed by atoms with Gasteiger partial charge in [-0.1, -0.05) is 0 Å². The molecule has 3 rings (SSSR count). The lowest BCUT2D eigenvalue weighted by Crippen LogP contribution is -2.55. The number of carbonyl (C=O) groups is 2. The largest absolute Gasteiger partial charge is 0.478 e. The van der Waals surface area contributed by atoms with Gasteiger partial charge in [-0.25, -0.2) is 4.79 Å². The van der Waals surface area contributed by atoms with Gasteiger partial charge in [0.2, 0.25) is 12.6 Å². The van der Waals surface area contributed by atoms with E-state index in [9.17, 15) is 9.59 Å². The summed E-state index contributed by atoms with van der Waals surface area (Å²) >= 11 is 0. The van der Waals surface area contributed by atoms with E-state index >= 15 is 0 Å². The minimum Gasteiger partial charge on any atom is -0.478 e. The van der Waals surface area contributed by atoms with Gasteiger partial charge >= 0.3 is 5.97 Å². The maximum absolute atomic E-state index is 11.1. The number of carboxylic acid groups (broad SMARTS) is 1. The molecular weight excluding hydrogens is 336 g/mol. The van der Waals surface area contributed by atoms with Crippen LogP contribution in [0, 0.1) is 0 Å². The average molecular weight is 368 g/mol. The van der Waals surface area contributed by atoms with Gasteiger partial charge in [0.15, 0.2) is 0 Å². The summed E-state index contributed by atoms with van der Waals surface area (Å²) < 4.78 is 5.55. The van der Waals surface area contributed by atoms with Crippen LogP contribution in [-0.4, -0.2) is 91.0 Å². The molecular formula is C18H32N4O4. The maximum Gasteiger partial charge on any atom is 0.354 e. The first-order valence-corrected chi connectivity index (χ1v) is 9.94. The lowest BCUT2D eigenvalue weighted by molar-refractivity contribution is -0.160. The molecule has 0 aromatic rings. The standard InChI is InChI=1S/C18H32N4O4/c23-13-20-17(18(24)25)26-16-3-1-14(2-4-16)21-9-11-22(12-10-21)15-5-7-19-8-6-15/h13-17,19H,1-12H2,(H,20,23)(H,24,25)/t14-,16-,17?. The summed E-state index contributed by atoms with van der Waals surface area (Å²) in [6, 6.07) is 1.33. The molecule has 0 spiro atoms. The highest BCUT2D eigenvalue weighted by Crippen LogP contribution is 2.27. The Labute approximate surface area is 155 Å². The lowest BCUT2D eigenvalue weighted by Gasteiger charge is -2.45. The Morgan fingerprint density at radius 3 is 2.04 bits per heavy atom. The molecule has 8 heteroatoms. The summed E-state index contributed by atoms with van der Waals surface area (Å²) in [6.07, 6.45) is 5.36. The van der Waals surface area contributed by atoms with Crippen LogP contribution in [0.4, 0.5) is 0 Å². The van der Waals surface area contributed by atoms with Crippen molar-refractivity contribution in [2.45, 2.75) is 62.9 Å². The second kappa shape index (κ2) is 9.64. The second-order valence-corrected chi connectivity index (χ2v) is 7.62. The Morgan fingerprint density at radius 2 is 1.54 bits per heavy atom. The summed E-state index contributed by atoms with van der Waals surface area (Å²) in [6.45, 7) is 6.86. The smallest absolute Gasteiger partial charge is 0.354 e. The molecule has 26 heavy (non-hydrogen) atoms. The average Bonchev–Trinajstić information content (AvgIpc) is 2.69. The first-order chi connectivity index (χ1) is 12.7.